The van der Waals surface area contributed by atoms with Crippen molar-refractivity contribution in [3.8, 4) is 0 Å². The van der Waals surface area contributed by atoms with Crippen LogP contribution in [-0.2, 0) is 11.5 Å². The molecule has 0 saturated heterocycles. The van der Waals surface area contributed by atoms with Crippen molar-refractivity contribution in [3.63, 3.8) is 0 Å². The van der Waals surface area contributed by atoms with E-state index in [1.54, 1.807) is 0 Å². The van der Waals surface area contributed by atoms with Crippen molar-refractivity contribution >= 4 is 0 Å². The Labute approximate surface area is 186 Å². The molecule has 0 fully saturated rings. The Morgan fingerprint density at radius 2 is 0.963 bits per heavy atom. The number of ether oxygens (including phenoxy) is 1. The van der Waals surface area contributed by atoms with E-state index in [-0.39, 0.29) is 24.0 Å². The summed E-state index contributed by atoms with van der Waals surface area (Å²) in [5.41, 5.74) is 0. The molecular weight excluding hydrogens is 445 g/mol. The van der Waals surface area contributed by atoms with Crippen LogP contribution in [-0.4, -0.2) is 6.61 Å². The molecule has 0 N–H and O–H groups in total. The van der Waals surface area contributed by atoms with Gasteiger partial charge in [-0.3, -0.25) is 0 Å². The lowest BCUT2D eigenvalue weighted by Crippen LogP contribution is -3.00. The van der Waals surface area contributed by atoms with Crippen molar-refractivity contribution in [3.05, 3.63) is 30.6 Å². The smallest absolute Gasteiger partial charge is 0.252 e. The molecule has 27 heavy (non-hydrogen) atoms. The standard InChI is InChI=1S/C24H44NO.HI/c1-2-3-4-5-6-7-8-9-10-11-12-13-14-15-16-20-23-26-24-25-21-18-17-19-22-25;/h17-19,21-22H,2-16,20,23-24H2,1H3;1H/q+1;/p-1. The summed E-state index contributed by atoms with van der Waals surface area (Å²) in [6, 6.07) is 6.11. The summed E-state index contributed by atoms with van der Waals surface area (Å²) in [5.74, 6) is 0. The van der Waals surface area contributed by atoms with Gasteiger partial charge in [0.25, 0.3) is 6.73 Å². The van der Waals surface area contributed by atoms with E-state index in [2.05, 4.69) is 11.5 Å². The molecule has 0 unspecified atom stereocenters. The average molecular weight is 490 g/mol. The number of nitrogens with zero attached hydrogens (tertiary/aromatic N) is 1. The maximum Gasteiger partial charge on any atom is 0.252 e. The Balaban J connectivity index is 0.00000676. The number of hydrogen-bond acceptors (Lipinski definition) is 1. The minimum atomic E-state index is 0. The zero-order valence-electron chi connectivity index (χ0n) is 17.8. The van der Waals surface area contributed by atoms with Crippen LogP contribution in [0.25, 0.3) is 0 Å². The second-order valence-corrected chi connectivity index (χ2v) is 7.73. The third-order valence-electron chi connectivity index (χ3n) is 5.16. The molecule has 0 aliphatic heterocycles. The second kappa shape index (κ2) is 22.1. The van der Waals surface area contributed by atoms with Gasteiger partial charge in [0.05, 0.1) is 6.61 Å². The fourth-order valence-electron chi connectivity index (χ4n) is 3.44. The fraction of sp³-hybridized carbons (Fsp3) is 0.792. The molecule has 0 aliphatic rings. The highest BCUT2D eigenvalue weighted by atomic mass is 127. The molecule has 158 valence electrons. The maximum absolute atomic E-state index is 5.70. The summed E-state index contributed by atoms with van der Waals surface area (Å²) in [6.07, 6.45) is 26.7. The van der Waals surface area contributed by atoms with Crippen molar-refractivity contribution in [2.45, 2.75) is 116 Å². The van der Waals surface area contributed by atoms with Gasteiger partial charge in [-0.2, -0.15) is 4.57 Å². The van der Waals surface area contributed by atoms with E-state index in [0.29, 0.717) is 6.73 Å². The van der Waals surface area contributed by atoms with E-state index in [0.717, 1.165) is 6.61 Å². The number of pyridine rings is 1. The van der Waals surface area contributed by atoms with E-state index in [4.69, 9.17) is 4.74 Å². The van der Waals surface area contributed by atoms with Crippen LogP contribution in [0.1, 0.15) is 110 Å². The maximum atomic E-state index is 5.70. The zero-order chi connectivity index (χ0) is 18.5. The Hall–Kier alpha value is -0.160. The summed E-state index contributed by atoms with van der Waals surface area (Å²) < 4.78 is 7.78. The van der Waals surface area contributed by atoms with Gasteiger partial charge in [0, 0.05) is 12.1 Å². The van der Waals surface area contributed by atoms with Gasteiger partial charge in [-0.25, -0.2) is 0 Å². The van der Waals surface area contributed by atoms with Crippen LogP contribution in [0.5, 0.6) is 0 Å². The minimum Gasteiger partial charge on any atom is -1.00 e. The predicted octanol–water partition coefficient (Wildman–Crippen LogP) is 4.21. The van der Waals surface area contributed by atoms with Gasteiger partial charge in [-0.1, -0.05) is 109 Å². The first-order chi connectivity index (χ1) is 12.9. The van der Waals surface area contributed by atoms with E-state index >= 15 is 0 Å². The molecule has 0 spiro atoms. The SMILES string of the molecule is CCCCCCCCCCCCCCCCCCOC[n+]1ccccc1.[I-]. The van der Waals surface area contributed by atoms with E-state index in [1.165, 1.54) is 103 Å². The third kappa shape index (κ3) is 18.9. The molecular formula is C24H44INO. The van der Waals surface area contributed by atoms with Gasteiger partial charge in [-0.05, 0) is 6.42 Å². The first kappa shape index (κ1) is 26.8. The molecule has 1 rings (SSSR count). The first-order valence-electron chi connectivity index (χ1n) is 11.5. The molecule has 0 atom stereocenters. The fourth-order valence-corrected chi connectivity index (χ4v) is 3.44. The second-order valence-electron chi connectivity index (χ2n) is 7.73. The topological polar surface area (TPSA) is 13.1 Å². The quantitative estimate of drug-likeness (QED) is 0.161. The largest absolute Gasteiger partial charge is 1.00 e. The summed E-state index contributed by atoms with van der Waals surface area (Å²) >= 11 is 0. The highest BCUT2D eigenvalue weighted by molar-refractivity contribution is 4.83. The Morgan fingerprint density at radius 3 is 1.41 bits per heavy atom. The molecule has 2 nitrogen and oxygen atoms in total. The first-order valence-corrected chi connectivity index (χ1v) is 11.5. The van der Waals surface area contributed by atoms with Crippen molar-refractivity contribution in [1.82, 2.24) is 0 Å². The monoisotopic (exact) mass is 489 g/mol. The summed E-state index contributed by atoms with van der Waals surface area (Å²) in [4.78, 5) is 0. The molecule has 0 saturated carbocycles. The lowest BCUT2D eigenvalue weighted by atomic mass is 10.0. The Morgan fingerprint density at radius 1 is 0.556 bits per heavy atom. The zero-order valence-corrected chi connectivity index (χ0v) is 20.0. The van der Waals surface area contributed by atoms with Crippen LogP contribution in [0.2, 0.25) is 0 Å². The lowest BCUT2D eigenvalue weighted by molar-refractivity contribution is -0.732. The van der Waals surface area contributed by atoms with Gasteiger partial charge >= 0.3 is 0 Å². The molecule has 1 heterocycles. The summed E-state index contributed by atoms with van der Waals surface area (Å²) in [5, 5.41) is 0. The van der Waals surface area contributed by atoms with Crippen molar-refractivity contribution in [1.29, 1.82) is 0 Å². The molecule has 1 aromatic rings. The molecule has 0 aromatic carbocycles. The Bertz CT molecular complexity index is 385. The highest BCUT2D eigenvalue weighted by Crippen LogP contribution is 2.13. The van der Waals surface area contributed by atoms with Crippen LogP contribution >= 0.6 is 0 Å². The lowest BCUT2D eigenvalue weighted by Gasteiger charge is -2.04. The summed E-state index contributed by atoms with van der Waals surface area (Å²) in [7, 11) is 0. The summed E-state index contributed by atoms with van der Waals surface area (Å²) in [6.45, 7) is 3.86. The van der Waals surface area contributed by atoms with Crippen LogP contribution in [0, 0.1) is 0 Å². The molecule has 3 heteroatoms. The molecule has 1 aromatic heterocycles. The normalized spacial score (nSPS) is 10.7. The Kier molecular flexibility index (Phi) is 22.0. The molecule has 0 aliphatic carbocycles. The molecule has 0 bridgehead atoms. The number of hydrogen-bond donors (Lipinski definition) is 0. The van der Waals surface area contributed by atoms with E-state index in [1.807, 2.05) is 30.6 Å². The van der Waals surface area contributed by atoms with Crippen molar-refractivity contribution in [2.75, 3.05) is 6.61 Å². The van der Waals surface area contributed by atoms with Gasteiger partial charge in [0.1, 0.15) is 0 Å². The van der Waals surface area contributed by atoms with Crippen LogP contribution < -0.4 is 28.5 Å². The van der Waals surface area contributed by atoms with Crippen LogP contribution in [0.4, 0.5) is 0 Å². The molecule has 0 radical (unpaired) electrons. The van der Waals surface area contributed by atoms with Gasteiger partial charge in [0.2, 0.25) is 0 Å². The third-order valence-corrected chi connectivity index (χ3v) is 5.16. The van der Waals surface area contributed by atoms with E-state index in [9.17, 15) is 0 Å². The predicted molar refractivity (Wildman–Crippen MR) is 112 cm³/mol. The number of halogens is 1. The van der Waals surface area contributed by atoms with Crippen LogP contribution in [0.3, 0.4) is 0 Å². The van der Waals surface area contributed by atoms with Crippen molar-refractivity contribution in [2.24, 2.45) is 0 Å². The number of rotatable bonds is 19. The van der Waals surface area contributed by atoms with Crippen LogP contribution in [0.15, 0.2) is 30.6 Å². The van der Waals surface area contributed by atoms with Gasteiger partial charge in [-0.15, -0.1) is 0 Å². The molecule has 0 amide bonds. The van der Waals surface area contributed by atoms with E-state index < -0.39 is 0 Å². The average Bonchev–Trinajstić information content (AvgIpc) is 2.68. The number of unbranched alkanes of at least 4 members (excludes halogenated alkanes) is 15. The minimum absolute atomic E-state index is 0. The highest BCUT2D eigenvalue weighted by Gasteiger charge is 1.97. The van der Waals surface area contributed by atoms with Gasteiger partial charge in [0.15, 0.2) is 12.4 Å². The van der Waals surface area contributed by atoms with Gasteiger partial charge < -0.3 is 28.7 Å². The van der Waals surface area contributed by atoms with Crippen molar-refractivity contribution < 1.29 is 33.3 Å². The number of aromatic nitrogens is 1.